The lowest BCUT2D eigenvalue weighted by Gasteiger charge is -2.18. The predicted molar refractivity (Wildman–Crippen MR) is 361 cm³/mol. The Kier molecular flexibility index (Phi) is 64.9. The first-order chi connectivity index (χ1) is 41.0. The minimum absolute atomic E-state index is 0.118. The molecule has 466 valence electrons. The highest BCUT2D eigenvalue weighted by Crippen LogP contribution is 2.15. The molecule has 0 aromatic rings. The average Bonchev–Trinajstić information content (AvgIpc) is 3.49. The van der Waals surface area contributed by atoms with E-state index in [0.29, 0.717) is 12.8 Å². The second-order valence-electron chi connectivity index (χ2n) is 21.6. The Bertz CT molecular complexity index is 1890. The molecule has 0 aliphatic carbocycles. The molecule has 0 rings (SSSR count). The van der Waals surface area contributed by atoms with Gasteiger partial charge >= 0.3 is 17.9 Å². The predicted octanol–water partition coefficient (Wildman–Crippen LogP) is 23.4. The van der Waals surface area contributed by atoms with Crippen LogP contribution in [-0.2, 0) is 28.6 Å². The van der Waals surface area contributed by atoms with Gasteiger partial charge in [-0.2, -0.15) is 0 Å². The van der Waals surface area contributed by atoms with Crippen molar-refractivity contribution in [1.82, 2.24) is 0 Å². The maximum Gasteiger partial charge on any atom is 0.309 e. The summed E-state index contributed by atoms with van der Waals surface area (Å²) >= 11 is 0. The van der Waals surface area contributed by atoms with E-state index in [1.807, 2.05) is 6.08 Å². The smallest absolute Gasteiger partial charge is 0.309 e. The molecular weight excluding hydrogens is 1020 g/mol. The summed E-state index contributed by atoms with van der Waals surface area (Å²) in [5.74, 6) is -1.07. The highest BCUT2D eigenvalue weighted by atomic mass is 16.6. The third-order valence-electron chi connectivity index (χ3n) is 13.7. The van der Waals surface area contributed by atoms with Crippen LogP contribution in [0.4, 0.5) is 0 Å². The van der Waals surface area contributed by atoms with Crippen molar-refractivity contribution in [2.75, 3.05) is 13.2 Å². The Labute approximate surface area is 511 Å². The number of hydrogen-bond acceptors (Lipinski definition) is 6. The maximum atomic E-state index is 12.9. The number of rotatable bonds is 59. The van der Waals surface area contributed by atoms with E-state index in [-0.39, 0.29) is 31.6 Å². The highest BCUT2D eigenvalue weighted by Gasteiger charge is 2.19. The topological polar surface area (TPSA) is 78.9 Å². The minimum atomic E-state index is -0.832. The summed E-state index contributed by atoms with van der Waals surface area (Å²) in [5.41, 5.74) is 0. The van der Waals surface area contributed by atoms with Crippen molar-refractivity contribution in [3.8, 4) is 0 Å². The number of ether oxygens (including phenoxy) is 3. The van der Waals surface area contributed by atoms with Crippen molar-refractivity contribution < 1.29 is 28.6 Å². The molecule has 0 radical (unpaired) electrons. The zero-order chi connectivity index (χ0) is 59.9. The van der Waals surface area contributed by atoms with Gasteiger partial charge in [0.25, 0.3) is 0 Å². The van der Waals surface area contributed by atoms with Crippen molar-refractivity contribution in [2.45, 2.75) is 284 Å². The molecule has 0 aliphatic rings. The number of esters is 3. The van der Waals surface area contributed by atoms with E-state index in [1.54, 1.807) is 6.08 Å². The summed E-state index contributed by atoms with van der Waals surface area (Å²) in [6.45, 7) is 6.29. The van der Waals surface area contributed by atoms with Gasteiger partial charge in [0.2, 0.25) is 0 Å². The summed E-state index contributed by atoms with van der Waals surface area (Å²) in [7, 11) is 0. The van der Waals surface area contributed by atoms with E-state index in [1.165, 1.54) is 109 Å². The van der Waals surface area contributed by atoms with Crippen LogP contribution in [0, 0.1) is 0 Å². The fourth-order valence-electron chi connectivity index (χ4n) is 8.76. The molecule has 0 amide bonds. The Morgan fingerprint density at radius 2 is 0.518 bits per heavy atom. The van der Waals surface area contributed by atoms with Gasteiger partial charge < -0.3 is 14.2 Å². The third-order valence-corrected chi connectivity index (χ3v) is 13.7. The van der Waals surface area contributed by atoms with Crippen molar-refractivity contribution in [3.05, 3.63) is 170 Å². The standard InChI is InChI=1S/C77H122O6/c1-4-7-10-13-16-19-22-25-28-30-31-32-33-34-35-36-37-38-39-40-41-42-43-44-45-47-49-52-55-58-61-64-67-70-76(79)82-73-74(72-81-75(78)69-66-63-60-57-54-51-48-27-24-21-18-15-12-9-6-3)83-77(80)71-68-65-62-59-56-53-50-46-29-26-23-20-17-14-11-8-5-2/h7,9-10,12,16-21,25-29,31-32,34-35,37-38,40-41,48,54,57,63,66,74H,4-6,8,11,13-15,22-24,30,33,36,39,42-47,49-53,55-56,58-62,64-65,67-73H2,1-3H3/b10-7-,12-9-,19-16-,20-17-,21-18-,28-25-,29-26-,32-31-,35-34-,38-37-,41-40-,48-27-,57-54-,66-63-. The van der Waals surface area contributed by atoms with Crippen LogP contribution in [0.3, 0.4) is 0 Å². The molecule has 0 aliphatic heterocycles. The van der Waals surface area contributed by atoms with Gasteiger partial charge in [-0.25, -0.2) is 0 Å². The Morgan fingerprint density at radius 3 is 0.843 bits per heavy atom. The Morgan fingerprint density at radius 1 is 0.265 bits per heavy atom. The van der Waals surface area contributed by atoms with E-state index < -0.39 is 12.1 Å². The molecule has 6 heteroatoms. The van der Waals surface area contributed by atoms with Crippen LogP contribution in [0.1, 0.15) is 278 Å². The van der Waals surface area contributed by atoms with Gasteiger partial charge in [-0.05, 0) is 135 Å². The Balaban J connectivity index is 4.36. The molecule has 83 heavy (non-hydrogen) atoms. The van der Waals surface area contributed by atoms with Gasteiger partial charge in [-0.1, -0.05) is 294 Å². The second-order valence-corrected chi connectivity index (χ2v) is 21.6. The fraction of sp³-hybridized carbons (Fsp3) is 0.597. The maximum absolute atomic E-state index is 12.9. The van der Waals surface area contributed by atoms with E-state index in [0.717, 1.165) is 128 Å². The first-order valence-electron chi connectivity index (χ1n) is 33.6. The zero-order valence-electron chi connectivity index (χ0n) is 53.4. The lowest BCUT2D eigenvalue weighted by atomic mass is 10.0. The normalized spacial score (nSPS) is 13.2. The highest BCUT2D eigenvalue weighted by molar-refractivity contribution is 5.72. The van der Waals surface area contributed by atoms with Crippen molar-refractivity contribution >= 4 is 17.9 Å². The molecule has 0 bridgehead atoms. The average molecular weight is 1140 g/mol. The molecule has 0 aromatic heterocycles. The third kappa shape index (κ3) is 67.4. The van der Waals surface area contributed by atoms with Gasteiger partial charge in [-0.15, -0.1) is 0 Å². The fourth-order valence-corrected chi connectivity index (χ4v) is 8.76. The van der Waals surface area contributed by atoms with Gasteiger partial charge in [0.1, 0.15) is 13.2 Å². The van der Waals surface area contributed by atoms with E-state index in [4.69, 9.17) is 14.2 Å². The van der Waals surface area contributed by atoms with Gasteiger partial charge in [-0.3, -0.25) is 14.4 Å². The number of carbonyl (C=O) groups excluding carboxylic acids is 3. The number of allylic oxidation sites excluding steroid dienone is 27. The van der Waals surface area contributed by atoms with Crippen LogP contribution in [0.25, 0.3) is 0 Å². The quantitative estimate of drug-likeness (QED) is 0.0261. The van der Waals surface area contributed by atoms with Crippen molar-refractivity contribution in [3.63, 3.8) is 0 Å². The van der Waals surface area contributed by atoms with Gasteiger partial charge in [0, 0.05) is 12.8 Å². The lowest BCUT2D eigenvalue weighted by molar-refractivity contribution is -0.166. The van der Waals surface area contributed by atoms with Crippen LogP contribution in [0.2, 0.25) is 0 Å². The molecule has 0 N–H and O–H groups in total. The summed E-state index contributed by atoms with van der Waals surface area (Å²) < 4.78 is 16.8. The molecule has 6 nitrogen and oxygen atoms in total. The molecule has 0 aromatic carbocycles. The van der Waals surface area contributed by atoms with Crippen molar-refractivity contribution in [2.24, 2.45) is 0 Å². The van der Waals surface area contributed by atoms with E-state index in [9.17, 15) is 14.4 Å². The second kappa shape index (κ2) is 69.3. The van der Waals surface area contributed by atoms with E-state index in [2.05, 4.69) is 179 Å². The van der Waals surface area contributed by atoms with Crippen LogP contribution in [0.15, 0.2) is 170 Å². The first-order valence-corrected chi connectivity index (χ1v) is 33.6. The zero-order valence-corrected chi connectivity index (χ0v) is 53.4. The molecule has 0 saturated heterocycles. The van der Waals surface area contributed by atoms with Gasteiger partial charge in [0.05, 0.1) is 6.42 Å². The van der Waals surface area contributed by atoms with Crippen molar-refractivity contribution in [1.29, 1.82) is 0 Å². The molecule has 1 unspecified atom stereocenters. The summed E-state index contributed by atoms with van der Waals surface area (Å²) in [5, 5.41) is 0. The SMILES string of the molecule is CC/C=C\C/C=C\C/C=C\C/C=C\C/C=C\C/C=C\C/C=C\CCCCCCCCCCCCCC(=O)OCC(COC(=O)C/C=C\C/C=C\C/C=C\C/C=C\C/C=C\CC)OC(=O)CCCCCCCCC/C=C\C/C=C\CCCCC. The minimum Gasteiger partial charge on any atom is -0.462 e. The van der Waals surface area contributed by atoms with Crippen LogP contribution >= 0.6 is 0 Å². The monoisotopic (exact) mass is 1140 g/mol. The number of carbonyl (C=O) groups is 3. The molecule has 0 spiro atoms. The van der Waals surface area contributed by atoms with Crippen LogP contribution < -0.4 is 0 Å². The molecular formula is C77H122O6. The Hall–Kier alpha value is -5.23. The number of unbranched alkanes of at least 4 members (excludes halogenated alkanes) is 21. The van der Waals surface area contributed by atoms with Gasteiger partial charge in [0.15, 0.2) is 6.10 Å². The van der Waals surface area contributed by atoms with Crippen LogP contribution in [0.5, 0.6) is 0 Å². The number of hydrogen-bond donors (Lipinski definition) is 0. The van der Waals surface area contributed by atoms with E-state index >= 15 is 0 Å². The first kappa shape index (κ1) is 77.8. The lowest BCUT2D eigenvalue weighted by Crippen LogP contribution is -2.30. The van der Waals surface area contributed by atoms with Crippen LogP contribution in [-0.4, -0.2) is 37.2 Å². The summed E-state index contributed by atoms with van der Waals surface area (Å²) in [4.78, 5) is 38.3. The molecule has 0 heterocycles. The summed E-state index contributed by atoms with van der Waals surface area (Å²) in [6.07, 6.45) is 103. The molecule has 1 atom stereocenters. The molecule has 0 fully saturated rings. The largest absolute Gasteiger partial charge is 0.462 e. The summed E-state index contributed by atoms with van der Waals surface area (Å²) in [6, 6.07) is 0. The molecule has 0 saturated carbocycles.